The molecule has 0 aliphatic heterocycles. The smallest absolute Gasteiger partial charge is 0.388 e. The second-order valence-electron chi connectivity index (χ2n) is 5.40. The van der Waals surface area contributed by atoms with Gasteiger partial charge in [-0.05, 0) is 0 Å². The van der Waals surface area contributed by atoms with Gasteiger partial charge in [-0.2, -0.15) is 0 Å². The predicted octanol–water partition coefficient (Wildman–Crippen LogP) is -1.89. The van der Waals surface area contributed by atoms with Crippen molar-refractivity contribution < 1.29 is 85.2 Å². The maximum Gasteiger partial charge on any atom is 0.694 e. The molecule has 186 valence electrons. The van der Waals surface area contributed by atoms with Crippen molar-refractivity contribution in [2.24, 2.45) is 0 Å². The first-order chi connectivity index (χ1) is 14.0. The Morgan fingerprint density at radius 2 is 0.903 bits per heavy atom. The van der Waals surface area contributed by atoms with Crippen LogP contribution in [0, 0.1) is 0 Å². The van der Waals surface area contributed by atoms with Crippen LogP contribution in [0.5, 0.6) is 0 Å². The summed E-state index contributed by atoms with van der Waals surface area (Å²) in [5.41, 5.74) is 0. The number of hydrogen-bond acceptors (Lipinski definition) is 13. The number of aliphatic hydroxyl groups excluding tert-OH is 3. The van der Waals surface area contributed by atoms with Gasteiger partial charge in [-0.3, -0.25) is 22.6 Å². The average molecular weight is 543 g/mol. The monoisotopic (exact) mass is 543 g/mol. The van der Waals surface area contributed by atoms with Gasteiger partial charge in [0.15, 0.2) is 0 Å². The number of phosphoric ester groups is 3. The minimum absolute atomic E-state index is 0.686. The molecule has 0 rings (SSSR count). The van der Waals surface area contributed by atoms with Crippen LogP contribution < -0.4 is 0 Å². The van der Waals surface area contributed by atoms with Crippen LogP contribution in [0.15, 0.2) is 0 Å². The Kier molecular flexibility index (Phi) is 14.6. The van der Waals surface area contributed by atoms with Crippen molar-refractivity contribution in [2.75, 3.05) is 39.6 Å². The molecule has 0 saturated heterocycles. The Bertz CT molecular complexity index is 679. The molecule has 0 aromatic carbocycles. The van der Waals surface area contributed by atoms with Gasteiger partial charge >= 0.3 is 31.7 Å². The lowest BCUT2D eigenvalue weighted by Crippen LogP contribution is -2.24. The molecule has 8 N–H and O–H groups in total. The molecule has 0 radical (unpaired) electrons. The van der Waals surface area contributed by atoms with E-state index in [0.717, 1.165) is 0 Å². The fourth-order valence-corrected chi connectivity index (χ4v) is 3.53. The van der Waals surface area contributed by atoms with Gasteiger partial charge in [-0.1, -0.05) is 0 Å². The van der Waals surface area contributed by atoms with E-state index in [2.05, 4.69) is 27.1 Å². The van der Waals surface area contributed by atoms with Crippen molar-refractivity contribution in [3.05, 3.63) is 0 Å². The van der Waals surface area contributed by atoms with Crippen LogP contribution in [0.4, 0.5) is 0 Å². The number of phosphoric acid groups is 3. The van der Waals surface area contributed by atoms with Crippen molar-refractivity contribution >= 4 is 31.7 Å². The van der Waals surface area contributed by atoms with E-state index in [1.54, 1.807) is 0 Å². The third-order valence-corrected chi connectivity index (χ3v) is 5.29. The van der Waals surface area contributed by atoms with Crippen molar-refractivity contribution in [3.63, 3.8) is 0 Å². The zero-order chi connectivity index (χ0) is 24.3. The van der Waals surface area contributed by atoms with Crippen LogP contribution in [0.1, 0.15) is 0 Å². The molecule has 0 aliphatic carbocycles. The van der Waals surface area contributed by atoms with Crippen LogP contribution in [-0.2, 0) is 45.4 Å². The zero-order valence-electron chi connectivity index (χ0n) is 15.4. The highest BCUT2D eigenvalue weighted by Crippen LogP contribution is 2.45. The van der Waals surface area contributed by atoms with Crippen molar-refractivity contribution in [1.29, 1.82) is 0 Å². The van der Waals surface area contributed by atoms with Crippen LogP contribution >= 0.6 is 31.7 Å². The molecule has 6 atom stereocenters. The summed E-state index contributed by atoms with van der Waals surface area (Å²) in [4.78, 5) is 43.9. The van der Waals surface area contributed by atoms with Crippen molar-refractivity contribution in [1.82, 2.24) is 0 Å². The molecule has 0 amide bonds. The van der Waals surface area contributed by atoms with Gasteiger partial charge < -0.3 is 34.9 Å². The van der Waals surface area contributed by atoms with Crippen LogP contribution in [0.3, 0.4) is 0 Å². The normalized spacial score (nSPS) is 19.8. The number of hydrogen-bond donors (Lipinski definition) is 8. The van der Waals surface area contributed by atoms with Gasteiger partial charge in [0.1, 0.15) is 24.9 Å². The Hall–Kier alpha value is 0.230. The van der Waals surface area contributed by atoms with E-state index in [-0.39, 0.29) is 0 Å². The highest BCUT2D eigenvalue weighted by Gasteiger charge is 2.28. The molecule has 0 fully saturated rings. The molecule has 0 spiro atoms. The minimum Gasteiger partial charge on any atom is -0.388 e. The van der Waals surface area contributed by atoms with E-state index in [1.165, 1.54) is 0 Å². The molecule has 0 aromatic rings. The molecule has 0 heterocycles. The summed E-state index contributed by atoms with van der Waals surface area (Å²) in [5.74, 6) is 0. The van der Waals surface area contributed by atoms with E-state index in [9.17, 15) is 43.4 Å². The fourth-order valence-electron chi connectivity index (χ4n) is 1.27. The third-order valence-electron chi connectivity index (χ3n) is 2.53. The van der Waals surface area contributed by atoms with E-state index >= 15 is 0 Å². The summed E-state index contributed by atoms with van der Waals surface area (Å²) in [6, 6.07) is 0. The van der Waals surface area contributed by atoms with E-state index < -0.39 is 89.7 Å². The Morgan fingerprint density at radius 1 is 0.613 bits per heavy atom. The first-order valence-corrected chi connectivity index (χ1v) is 13.4. The molecule has 18 nitrogen and oxygen atoms in total. The Labute approximate surface area is 175 Å². The highest BCUT2D eigenvalue weighted by molar-refractivity contribution is 7.47. The summed E-state index contributed by atoms with van der Waals surface area (Å²) in [6.07, 6.45) is -5.01. The Morgan fingerprint density at radius 3 is 1.19 bits per heavy atom. The van der Waals surface area contributed by atoms with Gasteiger partial charge in [0.25, 0.3) is 0 Å². The largest absolute Gasteiger partial charge is 0.694 e. The molecule has 0 aliphatic rings. The first-order valence-electron chi connectivity index (χ1n) is 7.78. The summed E-state index contributed by atoms with van der Waals surface area (Å²) >= 11 is 0. The van der Waals surface area contributed by atoms with Crippen LogP contribution in [0.25, 0.3) is 0 Å². The second kappa shape index (κ2) is 14.5. The molecule has 3 unspecified atom stereocenters. The topological polar surface area (TPSA) is 285 Å². The number of rotatable bonds is 18. The lowest BCUT2D eigenvalue weighted by atomic mass is 10.4. The maximum absolute atomic E-state index is 11.6. The van der Waals surface area contributed by atoms with Gasteiger partial charge in [0.05, 0.1) is 33.0 Å². The second-order valence-corrected chi connectivity index (χ2v) is 10.3. The van der Waals surface area contributed by atoms with Gasteiger partial charge in [0, 0.05) is 4.57 Å². The predicted molar refractivity (Wildman–Crippen MR) is 95.3 cm³/mol. The lowest BCUT2D eigenvalue weighted by molar-refractivity contribution is 0.00808. The SMILES string of the molecule is O=[P+](O)OC[C@@H](O)COP(=O)(O)OC[C@@H](O)COP(=O)(O)OC[C@@H](O)COP(=O)(O)O. The van der Waals surface area contributed by atoms with Crippen LogP contribution in [-0.4, -0.2) is 97.7 Å². The van der Waals surface area contributed by atoms with Crippen LogP contribution in [0.2, 0.25) is 0 Å². The number of aliphatic hydroxyl groups is 3. The maximum atomic E-state index is 11.6. The summed E-state index contributed by atoms with van der Waals surface area (Å²) in [7, 11) is -17.5. The summed E-state index contributed by atoms with van der Waals surface area (Å²) in [6.45, 7) is -5.28. The first kappa shape index (κ1) is 31.2. The van der Waals surface area contributed by atoms with E-state index in [0.29, 0.717) is 0 Å². The Balaban J connectivity index is 4.20. The molecule has 0 aromatic heterocycles. The lowest BCUT2D eigenvalue weighted by Gasteiger charge is -2.18. The molecular formula is C9H23O18P4+. The molecule has 0 bridgehead atoms. The average Bonchev–Trinajstić information content (AvgIpc) is 2.64. The highest BCUT2D eigenvalue weighted by atomic mass is 31.2. The van der Waals surface area contributed by atoms with Crippen molar-refractivity contribution in [2.45, 2.75) is 18.3 Å². The van der Waals surface area contributed by atoms with E-state index in [1.807, 2.05) is 0 Å². The van der Waals surface area contributed by atoms with Gasteiger partial charge in [0.2, 0.25) is 0 Å². The fraction of sp³-hybridized carbons (Fsp3) is 1.00. The molecule has 22 heteroatoms. The zero-order valence-corrected chi connectivity index (χ0v) is 19.0. The summed E-state index contributed by atoms with van der Waals surface area (Å²) in [5, 5.41) is 28.1. The van der Waals surface area contributed by atoms with Gasteiger partial charge in [-0.25, -0.2) is 13.7 Å². The van der Waals surface area contributed by atoms with E-state index in [4.69, 9.17) is 14.7 Å². The third kappa shape index (κ3) is 19.4. The molecule has 31 heavy (non-hydrogen) atoms. The standard InChI is InChI=1S/C9H22O18P4/c10-7(1-22-28(13)14)3-24-30(18,19)26-5-9(12)6-27-31(20,21)25-4-8(11)2-23-29(15,16)17/h7-12H,1-6H2,(H4-,13,14,15,16,17,18,19,20,21)/p+1/t7-,8+,9-/m1/s1. The molecule has 0 saturated carbocycles. The summed E-state index contributed by atoms with van der Waals surface area (Å²) < 4.78 is 69.2. The molecular weight excluding hydrogens is 520 g/mol. The minimum atomic E-state index is -4.87. The quantitative estimate of drug-likeness (QED) is 0.0877. The van der Waals surface area contributed by atoms with Crippen molar-refractivity contribution in [3.8, 4) is 0 Å². The van der Waals surface area contributed by atoms with Gasteiger partial charge in [-0.15, -0.1) is 9.42 Å².